The van der Waals surface area contributed by atoms with E-state index in [2.05, 4.69) is 0 Å². The largest absolute Gasteiger partial charge is 0.479 e. The quantitative estimate of drug-likeness (QED) is 0.285. The normalized spacial score (nSPS) is 32.8. The summed E-state index contributed by atoms with van der Waals surface area (Å²) in [7, 11) is 0. The molecule has 6 N–H and O–H groups in total. The molecule has 0 aromatic rings. The number of carboxylic acids is 1. The molecule has 0 fully saturated rings. The van der Waals surface area contributed by atoms with Crippen molar-refractivity contribution in [2.24, 2.45) is 0 Å². The molecule has 0 spiro atoms. The zero-order chi connectivity index (χ0) is 13.9. The van der Waals surface area contributed by atoms with E-state index in [0.717, 1.165) is 12.2 Å². The summed E-state index contributed by atoms with van der Waals surface area (Å²) in [5, 5.41) is 55.2. The van der Waals surface area contributed by atoms with Crippen molar-refractivity contribution < 1.29 is 40.2 Å². The van der Waals surface area contributed by atoms with Crippen LogP contribution < -0.4 is 0 Å². The van der Waals surface area contributed by atoms with Crippen LogP contribution in [-0.2, 0) is 9.53 Å². The summed E-state index contributed by atoms with van der Waals surface area (Å²) in [4.78, 5) is 10.7. The lowest BCUT2D eigenvalue weighted by molar-refractivity contribution is -0.180. The highest BCUT2D eigenvalue weighted by atomic mass is 16.5. The van der Waals surface area contributed by atoms with Crippen molar-refractivity contribution in [1.82, 2.24) is 0 Å². The lowest BCUT2D eigenvalue weighted by atomic mass is 9.97. The van der Waals surface area contributed by atoms with Crippen molar-refractivity contribution in [1.29, 1.82) is 0 Å². The second-order valence-electron chi connectivity index (χ2n) is 3.97. The van der Waals surface area contributed by atoms with Gasteiger partial charge >= 0.3 is 5.97 Å². The highest BCUT2D eigenvalue weighted by Crippen LogP contribution is 2.19. The second-order valence-corrected chi connectivity index (χ2v) is 3.97. The standard InChI is InChI=1S/C10H16O8/c11-3-5(13)7(14)8(15)9-4(12)1-2-6(18-9)10(16)17/h1-2,4-9,11-15H,3H2,(H,16,17)/t4-,5+,6?,7+,8-,9+/m0/s1. The third-order valence-corrected chi connectivity index (χ3v) is 2.63. The highest BCUT2D eigenvalue weighted by Gasteiger charge is 2.39. The van der Waals surface area contributed by atoms with Gasteiger partial charge in [-0.2, -0.15) is 0 Å². The lowest BCUT2D eigenvalue weighted by Gasteiger charge is -2.34. The van der Waals surface area contributed by atoms with Crippen LogP contribution in [0.25, 0.3) is 0 Å². The van der Waals surface area contributed by atoms with Crippen LogP contribution in [0.5, 0.6) is 0 Å². The summed E-state index contributed by atoms with van der Waals surface area (Å²) in [6.45, 7) is -0.792. The number of hydrogen-bond acceptors (Lipinski definition) is 7. The van der Waals surface area contributed by atoms with Gasteiger partial charge in [-0.05, 0) is 6.08 Å². The molecule has 0 saturated carbocycles. The van der Waals surface area contributed by atoms with Crippen LogP contribution in [-0.4, -0.2) is 79.8 Å². The Morgan fingerprint density at radius 1 is 1.28 bits per heavy atom. The maximum Gasteiger partial charge on any atom is 0.336 e. The molecule has 1 aliphatic rings. The van der Waals surface area contributed by atoms with Crippen LogP contribution >= 0.6 is 0 Å². The number of carboxylic acid groups (broad SMARTS) is 1. The Hall–Kier alpha value is -1.03. The van der Waals surface area contributed by atoms with Crippen molar-refractivity contribution in [3.05, 3.63) is 12.2 Å². The van der Waals surface area contributed by atoms with Crippen LogP contribution in [0.3, 0.4) is 0 Å². The van der Waals surface area contributed by atoms with E-state index in [-0.39, 0.29) is 0 Å². The van der Waals surface area contributed by atoms with E-state index in [1.165, 1.54) is 0 Å². The molecule has 104 valence electrons. The molecule has 1 heterocycles. The van der Waals surface area contributed by atoms with Gasteiger partial charge < -0.3 is 35.4 Å². The molecule has 1 aliphatic heterocycles. The molecule has 18 heavy (non-hydrogen) atoms. The molecular weight excluding hydrogens is 248 g/mol. The van der Waals surface area contributed by atoms with Crippen molar-refractivity contribution in [3.63, 3.8) is 0 Å². The van der Waals surface area contributed by atoms with E-state index in [1.54, 1.807) is 0 Å². The summed E-state index contributed by atoms with van der Waals surface area (Å²) in [6.07, 6.45) is -7.00. The van der Waals surface area contributed by atoms with Crippen LogP contribution in [0.2, 0.25) is 0 Å². The average molecular weight is 264 g/mol. The summed E-state index contributed by atoms with van der Waals surface area (Å²) in [5.74, 6) is -1.31. The van der Waals surface area contributed by atoms with E-state index in [1.807, 2.05) is 0 Å². The molecule has 0 aliphatic carbocycles. The first-order valence-electron chi connectivity index (χ1n) is 5.28. The van der Waals surface area contributed by atoms with Crippen LogP contribution in [0.4, 0.5) is 0 Å². The van der Waals surface area contributed by atoms with Gasteiger partial charge in [0.25, 0.3) is 0 Å². The molecule has 0 aromatic heterocycles. The van der Waals surface area contributed by atoms with Gasteiger partial charge in [0.15, 0.2) is 6.10 Å². The van der Waals surface area contributed by atoms with Crippen molar-refractivity contribution >= 4 is 5.97 Å². The molecule has 0 aromatic carbocycles. The fraction of sp³-hybridized carbons (Fsp3) is 0.700. The van der Waals surface area contributed by atoms with E-state index >= 15 is 0 Å². The Kier molecular flexibility index (Phi) is 5.20. The van der Waals surface area contributed by atoms with Gasteiger partial charge in [-0.25, -0.2) is 4.79 Å². The van der Waals surface area contributed by atoms with Crippen LogP contribution in [0, 0.1) is 0 Å². The van der Waals surface area contributed by atoms with E-state index in [0.29, 0.717) is 0 Å². The molecule has 0 radical (unpaired) electrons. The maximum atomic E-state index is 10.7. The smallest absolute Gasteiger partial charge is 0.336 e. The number of ether oxygens (including phenoxy) is 1. The number of aliphatic carboxylic acids is 1. The number of carbonyl (C=O) groups is 1. The van der Waals surface area contributed by atoms with Crippen molar-refractivity contribution in [3.8, 4) is 0 Å². The summed E-state index contributed by atoms with van der Waals surface area (Å²) in [5.41, 5.74) is 0. The summed E-state index contributed by atoms with van der Waals surface area (Å²) < 4.78 is 4.90. The highest BCUT2D eigenvalue weighted by molar-refractivity contribution is 5.74. The Morgan fingerprint density at radius 2 is 1.89 bits per heavy atom. The molecular formula is C10H16O8. The number of aliphatic hydroxyl groups is 5. The van der Waals surface area contributed by atoms with Crippen LogP contribution in [0.1, 0.15) is 0 Å². The van der Waals surface area contributed by atoms with E-state index < -0.39 is 49.2 Å². The number of rotatable bonds is 5. The molecule has 8 heteroatoms. The summed E-state index contributed by atoms with van der Waals surface area (Å²) >= 11 is 0. The second kappa shape index (κ2) is 6.23. The van der Waals surface area contributed by atoms with Gasteiger partial charge in [-0.15, -0.1) is 0 Å². The topological polar surface area (TPSA) is 148 Å². The van der Waals surface area contributed by atoms with Crippen molar-refractivity contribution in [2.45, 2.75) is 36.6 Å². The lowest BCUT2D eigenvalue weighted by Crippen LogP contribution is -2.53. The molecule has 0 amide bonds. The fourth-order valence-corrected chi connectivity index (χ4v) is 1.57. The molecule has 1 rings (SSSR count). The first-order chi connectivity index (χ1) is 8.38. The number of aliphatic hydroxyl groups excluding tert-OH is 5. The maximum absolute atomic E-state index is 10.7. The van der Waals surface area contributed by atoms with Gasteiger partial charge in [0, 0.05) is 0 Å². The van der Waals surface area contributed by atoms with Gasteiger partial charge in [0.05, 0.1) is 6.61 Å². The molecule has 6 atom stereocenters. The molecule has 0 saturated heterocycles. The van der Waals surface area contributed by atoms with Gasteiger partial charge in [-0.1, -0.05) is 6.08 Å². The third kappa shape index (κ3) is 3.25. The molecule has 0 bridgehead atoms. The van der Waals surface area contributed by atoms with E-state index in [9.17, 15) is 20.1 Å². The fourth-order valence-electron chi connectivity index (χ4n) is 1.57. The predicted molar refractivity (Wildman–Crippen MR) is 56.5 cm³/mol. The molecule has 1 unspecified atom stereocenters. The Balaban J connectivity index is 2.75. The zero-order valence-electron chi connectivity index (χ0n) is 9.33. The SMILES string of the molecule is O=C(O)C1C=C[C@H](O)[C@H]([C@@H](O)[C@H](O)[C@H](O)CO)O1. The van der Waals surface area contributed by atoms with Gasteiger partial charge in [-0.3, -0.25) is 0 Å². The number of hydrogen-bond donors (Lipinski definition) is 6. The Morgan fingerprint density at radius 3 is 2.39 bits per heavy atom. The first-order valence-corrected chi connectivity index (χ1v) is 5.28. The zero-order valence-corrected chi connectivity index (χ0v) is 9.33. The minimum absolute atomic E-state index is 0.792. The monoisotopic (exact) mass is 264 g/mol. The van der Waals surface area contributed by atoms with Crippen molar-refractivity contribution in [2.75, 3.05) is 6.61 Å². The third-order valence-electron chi connectivity index (χ3n) is 2.63. The summed E-state index contributed by atoms with van der Waals surface area (Å²) in [6, 6.07) is 0. The Bertz CT molecular complexity index is 317. The average Bonchev–Trinajstić information content (AvgIpc) is 2.36. The first kappa shape index (κ1) is 15.0. The predicted octanol–water partition coefficient (Wildman–Crippen LogP) is -3.17. The van der Waals surface area contributed by atoms with E-state index in [4.69, 9.17) is 20.1 Å². The Labute approximate surface area is 102 Å². The molecule has 8 nitrogen and oxygen atoms in total. The minimum atomic E-state index is -1.77. The van der Waals surface area contributed by atoms with Gasteiger partial charge in [0.2, 0.25) is 0 Å². The minimum Gasteiger partial charge on any atom is -0.479 e. The van der Waals surface area contributed by atoms with Gasteiger partial charge in [0.1, 0.15) is 30.5 Å². The van der Waals surface area contributed by atoms with Crippen LogP contribution in [0.15, 0.2) is 12.2 Å².